The molecule has 0 radical (unpaired) electrons. The van der Waals surface area contributed by atoms with Gasteiger partial charge in [-0.1, -0.05) is 19.4 Å². The van der Waals surface area contributed by atoms with Crippen LogP contribution in [-0.2, 0) is 0 Å². The fourth-order valence-corrected chi connectivity index (χ4v) is 7.66. The van der Waals surface area contributed by atoms with Gasteiger partial charge < -0.3 is 20.7 Å². The SMILES string of the molecule is CC12CCC(=NNc3ccc(N([O-])[O-])cc3N(O)O)C=C1CCC1C2CCC2(C)C(O)CCC12. The largest absolute Gasteiger partial charge is 0.769 e. The normalized spacial score (nSPS) is 38.0. The predicted molar refractivity (Wildman–Crippen MR) is 130 cm³/mol. The van der Waals surface area contributed by atoms with Crippen molar-refractivity contribution in [3.05, 3.63) is 40.3 Å². The minimum atomic E-state index is -0.592. The van der Waals surface area contributed by atoms with Gasteiger partial charge in [0.25, 0.3) is 0 Å². The van der Waals surface area contributed by atoms with Gasteiger partial charge in [0.2, 0.25) is 0 Å². The maximum atomic E-state index is 11.0. The average molecular weight is 471 g/mol. The van der Waals surface area contributed by atoms with Crippen molar-refractivity contribution >= 4 is 22.8 Å². The van der Waals surface area contributed by atoms with E-state index in [1.54, 1.807) is 0 Å². The minimum Gasteiger partial charge on any atom is -0.769 e. The number of hydrogen-bond acceptors (Lipinski definition) is 9. The van der Waals surface area contributed by atoms with Gasteiger partial charge in [0, 0.05) is 5.69 Å². The molecule has 4 aliphatic rings. The third-order valence-corrected chi connectivity index (χ3v) is 9.65. The van der Waals surface area contributed by atoms with Crippen molar-refractivity contribution in [3.63, 3.8) is 0 Å². The van der Waals surface area contributed by atoms with E-state index in [1.165, 1.54) is 24.1 Å². The van der Waals surface area contributed by atoms with E-state index in [9.17, 15) is 25.9 Å². The molecule has 3 fully saturated rings. The fraction of sp³-hybridized carbons (Fsp3) is 0.640. The van der Waals surface area contributed by atoms with Crippen LogP contribution in [0.5, 0.6) is 0 Å². The van der Waals surface area contributed by atoms with Crippen molar-refractivity contribution < 1.29 is 15.5 Å². The first-order chi connectivity index (χ1) is 16.1. The van der Waals surface area contributed by atoms with Gasteiger partial charge in [-0.05, 0) is 104 Å². The maximum absolute atomic E-state index is 11.0. The molecule has 3 saturated carbocycles. The van der Waals surface area contributed by atoms with Gasteiger partial charge >= 0.3 is 0 Å². The summed E-state index contributed by atoms with van der Waals surface area (Å²) in [4.78, 5) is 0. The molecule has 6 atom stereocenters. The standard InChI is InChI=1S/C25H34N4O5/c1-24-11-9-16(26-27-21-7-4-17(28(31)32)14-22(21)29(33)34)13-15(24)3-5-18-19-6-8-23(30)25(19,2)12-10-20(18)24/h4,7,13-14,18-20,23,27,30,33-34H,3,5-6,8-12H2,1-2H3/q-2. The van der Waals surface area contributed by atoms with Crippen molar-refractivity contribution in [1.29, 1.82) is 0 Å². The first-order valence-electron chi connectivity index (χ1n) is 12.3. The van der Waals surface area contributed by atoms with Crippen LogP contribution < -0.4 is 15.9 Å². The Morgan fingerprint density at radius 1 is 1.03 bits per heavy atom. The Kier molecular flexibility index (Phi) is 5.89. The molecular formula is C25H34N4O5-2. The van der Waals surface area contributed by atoms with E-state index in [-0.39, 0.29) is 39.2 Å². The summed E-state index contributed by atoms with van der Waals surface area (Å²) in [6.45, 7) is 4.72. The summed E-state index contributed by atoms with van der Waals surface area (Å²) < 4.78 is 0. The number of nitrogens with one attached hydrogen (secondary N) is 1. The second kappa shape index (κ2) is 8.49. The summed E-state index contributed by atoms with van der Waals surface area (Å²) in [5.41, 5.74) is 5.33. The highest BCUT2D eigenvalue weighted by Crippen LogP contribution is 2.65. The van der Waals surface area contributed by atoms with Crippen LogP contribution in [0.1, 0.15) is 65.2 Å². The molecule has 34 heavy (non-hydrogen) atoms. The third kappa shape index (κ3) is 3.70. The van der Waals surface area contributed by atoms with E-state index in [0.29, 0.717) is 17.8 Å². The zero-order valence-corrected chi connectivity index (χ0v) is 19.8. The molecule has 9 heteroatoms. The van der Waals surface area contributed by atoms with Gasteiger partial charge in [0.05, 0.1) is 17.5 Å². The second-order valence-electron chi connectivity index (χ2n) is 11.1. The number of hydrogen-bond donors (Lipinski definition) is 4. The van der Waals surface area contributed by atoms with Gasteiger partial charge in [0.15, 0.2) is 0 Å². The monoisotopic (exact) mass is 470 g/mol. The summed E-state index contributed by atoms with van der Waals surface area (Å²) in [5, 5.41) is 55.4. The number of allylic oxidation sites excluding steroid dienone is 2. The molecule has 9 nitrogen and oxygen atoms in total. The predicted octanol–water partition coefficient (Wildman–Crippen LogP) is 5.17. The lowest BCUT2D eigenvalue weighted by atomic mass is 9.47. The van der Waals surface area contributed by atoms with Gasteiger partial charge in [-0.25, -0.2) is 0 Å². The van der Waals surface area contributed by atoms with Crippen molar-refractivity contribution in [2.24, 2.45) is 33.7 Å². The Bertz CT molecular complexity index is 1010. The molecule has 0 bridgehead atoms. The van der Waals surface area contributed by atoms with E-state index >= 15 is 0 Å². The third-order valence-electron chi connectivity index (χ3n) is 9.65. The molecule has 5 rings (SSSR count). The molecule has 4 N–H and O–H groups in total. The Morgan fingerprint density at radius 2 is 1.82 bits per heavy atom. The van der Waals surface area contributed by atoms with Gasteiger partial charge in [0.1, 0.15) is 5.69 Å². The molecule has 1 aromatic rings. The van der Waals surface area contributed by atoms with E-state index in [2.05, 4.69) is 30.5 Å². The molecule has 0 heterocycles. The van der Waals surface area contributed by atoms with E-state index in [4.69, 9.17) is 0 Å². The first kappa shape index (κ1) is 23.6. The second-order valence-corrected chi connectivity index (χ2v) is 11.1. The first-order valence-corrected chi connectivity index (χ1v) is 12.3. The van der Waals surface area contributed by atoms with Crippen LogP contribution in [0.3, 0.4) is 0 Å². The molecule has 6 unspecified atom stereocenters. The number of nitrogens with zero attached hydrogens (tertiary/aromatic N) is 3. The van der Waals surface area contributed by atoms with Gasteiger partial charge in [-0.2, -0.15) is 5.10 Å². The molecule has 0 spiro atoms. The zero-order valence-electron chi connectivity index (χ0n) is 19.8. The summed E-state index contributed by atoms with van der Waals surface area (Å²) in [5.74, 6) is 1.94. The molecule has 0 aliphatic heterocycles. The van der Waals surface area contributed by atoms with Crippen LogP contribution in [0, 0.1) is 39.0 Å². The summed E-state index contributed by atoms with van der Waals surface area (Å²) in [6, 6.07) is 3.79. The van der Waals surface area contributed by atoms with Crippen LogP contribution in [0.15, 0.2) is 34.9 Å². The number of fused-ring (bicyclic) bond motifs is 5. The van der Waals surface area contributed by atoms with E-state index in [1.807, 2.05) is 0 Å². The minimum absolute atomic E-state index is 0.0830. The van der Waals surface area contributed by atoms with Crippen LogP contribution in [-0.4, -0.2) is 27.3 Å². The number of hydrazone groups is 1. The number of anilines is 3. The lowest BCUT2D eigenvalue weighted by molar-refractivity contribution is -0.0721. The van der Waals surface area contributed by atoms with Crippen LogP contribution in [0.4, 0.5) is 17.1 Å². The Labute approximate surface area is 199 Å². The lowest BCUT2D eigenvalue weighted by Gasteiger charge is -2.57. The Hall–Kier alpha value is -2.17. The summed E-state index contributed by atoms with van der Waals surface area (Å²) in [6.07, 6.45) is 10.4. The van der Waals surface area contributed by atoms with Crippen molar-refractivity contribution in [2.75, 3.05) is 15.9 Å². The number of aliphatic hydroxyl groups is 1. The zero-order chi connectivity index (χ0) is 24.3. The van der Waals surface area contributed by atoms with E-state index in [0.717, 1.165) is 56.7 Å². The lowest BCUT2D eigenvalue weighted by Crippen LogP contribution is -2.51. The van der Waals surface area contributed by atoms with Gasteiger partial charge in [-0.15, -0.1) is 5.23 Å². The summed E-state index contributed by atoms with van der Waals surface area (Å²) in [7, 11) is 0. The van der Waals surface area contributed by atoms with E-state index < -0.39 is 5.23 Å². The van der Waals surface area contributed by atoms with Crippen LogP contribution in [0.2, 0.25) is 0 Å². The average Bonchev–Trinajstić information content (AvgIpc) is 3.11. The molecular weight excluding hydrogens is 436 g/mol. The number of aliphatic hydroxyl groups excluding tert-OH is 1. The van der Waals surface area contributed by atoms with Crippen molar-refractivity contribution in [3.8, 4) is 0 Å². The molecule has 0 aromatic heterocycles. The number of rotatable bonds is 4. The highest BCUT2D eigenvalue weighted by atomic mass is 16.8. The highest BCUT2D eigenvalue weighted by Gasteiger charge is 2.58. The van der Waals surface area contributed by atoms with Crippen molar-refractivity contribution in [1.82, 2.24) is 0 Å². The molecule has 4 aliphatic carbocycles. The fourth-order valence-electron chi connectivity index (χ4n) is 7.66. The van der Waals surface area contributed by atoms with Crippen LogP contribution in [0.25, 0.3) is 0 Å². The molecule has 0 saturated heterocycles. The number of benzene rings is 1. The quantitative estimate of drug-likeness (QED) is 0.443. The highest BCUT2D eigenvalue weighted by molar-refractivity contribution is 5.97. The molecule has 186 valence electrons. The summed E-state index contributed by atoms with van der Waals surface area (Å²) >= 11 is 0. The van der Waals surface area contributed by atoms with Crippen molar-refractivity contribution in [2.45, 2.75) is 71.3 Å². The Balaban J connectivity index is 1.36. The van der Waals surface area contributed by atoms with Gasteiger partial charge in [-0.3, -0.25) is 15.8 Å². The molecule has 0 amide bonds. The maximum Gasteiger partial charge on any atom is 0.121 e. The Morgan fingerprint density at radius 3 is 2.56 bits per heavy atom. The molecule has 1 aromatic carbocycles. The van der Waals surface area contributed by atoms with Crippen LogP contribution >= 0.6 is 0 Å². The smallest absolute Gasteiger partial charge is 0.121 e. The topological polar surface area (TPSA) is 138 Å².